The molecule has 1 saturated carbocycles. The van der Waals surface area contributed by atoms with Gasteiger partial charge in [0.1, 0.15) is 0 Å². The summed E-state index contributed by atoms with van der Waals surface area (Å²) in [5, 5.41) is 0. The molecule has 1 fully saturated rings. The summed E-state index contributed by atoms with van der Waals surface area (Å²) in [5.41, 5.74) is 0. The summed E-state index contributed by atoms with van der Waals surface area (Å²) in [6, 6.07) is 0. The van der Waals surface area contributed by atoms with E-state index < -0.39 is 0 Å². The van der Waals surface area contributed by atoms with E-state index in [1.54, 1.807) is 0 Å². The number of hydrogen-bond donors (Lipinski definition) is 0. The third-order valence-corrected chi connectivity index (χ3v) is 4.20. The van der Waals surface area contributed by atoms with Gasteiger partial charge in [-0.25, -0.2) is 0 Å². The molecule has 15 heavy (non-hydrogen) atoms. The minimum absolute atomic E-state index is 1.10. The minimum atomic E-state index is 1.10. The van der Waals surface area contributed by atoms with E-state index in [4.69, 9.17) is 0 Å². The van der Waals surface area contributed by atoms with Crippen LogP contribution in [-0.4, -0.2) is 6.16 Å². The summed E-state index contributed by atoms with van der Waals surface area (Å²) < 4.78 is 0. The van der Waals surface area contributed by atoms with Crippen molar-refractivity contribution in [1.29, 1.82) is 0 Å². The second-order valence-corrected chi connectivity index (χ2v) is 5.78. The molecule has 90 valence electrons. The van der Waals surface area contributed by atoms with Crippen LogP contribution in [0.1, 0.15) is 77.0 Å². The summed E-state index contributed by atoms with van der Waals surface area (Å²) >= 11 is 0. The fourth-order valence-electron chi connectivity index (χ4n) is 2.76. The lowest BCUT2D eigenvalue weighted by Gasteiger charge is -2.21. The molecule has 0 aromatic rings. The molecule has 0 spiro atoms. The Bertz CT molecular complexity index is 127. The van der Waals surface area contributed by atoms with Gasteiger partial charge in [-0.15, -0.1) is 9.24 Å². The first kappa shape index (κ1) is 13.5. The average molecular weight is 228 g/mol. The van der Waals surface area contributed by atoms with Crippen molar-refractivity contribution >= 4 is 9.24 Å². The molecule has 1 rings (SSSR count). The van der Waals surface area contributed by atoms with E-state index in [0.717, 1.165) is 5.92 Å². The van der Waals surface area contributed by atoms with E-state index in [9.17, 15) is 0 Å². The standard InChI is InChI=1S/C14H29P/c15-13-9-4-2-1-3-6-10-14-11-7-5-8-12-14/h14H,1-13,15H2. The van der Waals surface area contributed by atoms with Crippen molar-refractivity contribution in [2.45, 2.75) is 77.0 Å². The average Bonchev–Trinajstić information content (AvgIpc) is 2.29. The maximum Gasteiger partial charge on any atom is -0.0381 e. The Labute approximate surface area is 98.8 Å². The summed E-state index contributed by atoms with van der Waals surface area (Å²) in [4.78, 5) is 0. The van der Waals surface area contributed by atoms with E-state index in [0.29, 0.717) is 0 Å². The van der Waals surface area contributed by atoms with Gasteiger partial charge in [-0.1, -0.05) is 70.6 Å². The zero-order valence-electron chi connectivity index (χ0n) is 10.3. The Hall–Kier alpha value is 0.430. The molecule has 1 heteroatoms. The summed E-state index contributed by atoms with van der Waals surface area (Å²) in [6.07, 6.45) is 19.2. The topological polar surface area (TPSA) is 0 Å². The quantitative estimate of drug-likeness (QED) is 0.397. The Balaban J connectivity index is 1.79. The van der Waals surface area contributed by atoms with Crippen LogP contribution in [0.3, 0.4) is 0 Å². The molecule has 1 unspecified atom stereocenters. The highest BCUT2D eigenvalue weighted by molar-refractivity contribution is 7.16. The van der Waals surface area contributed by atoms with E-state index in [1.807, 2.05) is 0 Å². The van der Waals surface area contributed by atoms with Crippen LogP contribution in [0.25, 0.3) is 0 Å². The fourth-order valence-corrected chi connectivity index (χ4v) is 3.05. The van der Waals surface area contributed by atoms with Crippen LogP contribution in [0.15, 0.2) is 0 Å². The molecule has 0 amide bonds. The Morgan fingerprint density at radius 2 is 1.33 bits per heavy atom. The lowest BCUT2D eigenvalue weighted by atomic mass is 9.85. The van der Waals surface area contributed by atoms with E-state index in [2.05, 4.69) is 9.24 Å². The molecule has 0 aliphatic heterocycles. The van der Waals surface area contributed by atoms with Gasteiger partial charge >= 0.3 is 0 Å². The SMILES string of the molecule is PCCCCCCCCC1CCCCC1. The number of rotatable bonds is 8. The minimum Gasteiger partial charge on any atom is -0.138 e. The van der Waals surface area contributed by atoms with Gasteiger partial charge in [0.05, 0.1) is 0 Å². The molecule has 0 aromatic heterocycles. The van der Waals surface area contributed by atoms with Gasteiger partial charge in [0, 0.05) is 0 Å². The normalized spacial score (nSPS) is 18.2. The number of unbranched alkanes of at least 4 members (excludes halogenated alkanes) is 5. The van der Waals surface area contributed by atoms with Gasteiger partial charge in [-0.05, 0) is 18.5 Å². The first-order chi connectivity index (χ1) is 7.43. The van der Waals surface area contributed by atoms with Crippen molar-refractivity contribution < 1.29 is 0 Å². The van der Waals surface area contributed by atoms with E-state index >= 15 is 0 Å². The molecular weight excluding hydrogens is 199 g/mol. The van der Waals surface area contributed by atoms with Crippen molar-refractivity contribution in [3.63, 3.8) is 0 Å². The maximum absolute atomic E-state index is 2.82. The van der Waals surface area contributed by atoms with Crippen LogP contribution in [0.2, 0.25) is 0 Å². The summed E-state index contributed by atoms with van der Waals surface area (Å²) in [6.45, 7) is 0. The van der Waals surface area contributed by atoms with Crippen molar-refractivity contribution in [3.8, 4) is 0 Å². The fraction of sp³-hybridized carbons (Fsp3) is 1.00. The largest absolute Gasteiger partial charge is 0.138 e. The highest BCUT2D eigenvalue weighted by Gasteiger charge is 2.12. The number of hydrogen-bond acceptors (Lipinski definition) is 0. The van der Waals surface area contributed by atoms with Gasteiger partial charge < -0.3 is 0 Å². The van der Waals surface area contributed by atoms with Crippen molar-refractivity contribution in [3.05, 3.63) is 0 Å². The van der Waals surface area contributed by atoms with Crippen LogP contribution >= 0.6 is 9.24 Å². The van der Waals surface area contributed by atoms with Gasteiger partial charge in [0.2, 0.25) is 0 Å². The molecule has 0 bridgehead atoms. The molecule has 0 saturated heterocycles. The highest BCUT2D eigenvalue weighted by Crippen LogP contribution is 2.28. The van der Waals surface area contributed by atoms with E-state index in [-0.39, 0.29) is 0 Å². The predicted octanol–water partition coefficient (Wildman–Crippen LogP) is 5.17. The lowest BCUT2D eigenvalue weighted by molar-refractivity contribution is 0.328. The van der Waals surface area contributed by atoms with Crippen molar-refractivity contribution in [1.82, 2.24) is 0 Å². The molecule has 1 atom stereocenters. The molecule has 0 heterocycles. The lowest BCUT2D eigenvalue weighted by Crippen LogP contribution is -2.05. The molecule has 0 nitrogen and oxygen atoms in total. The zero-order valence-corrected chi connectivity index (χ0v) is 11.5. The van der Waals surface area contributed by atoms with Gasteiger partial charge in [0.15, 0.2) is 0 Å². The Morgan fingerprint density at radius 1 is 0.733 bits per heavy atom. The second kappa shape index (κ2) is 9.64. The third-order valence-electron chi connectivity index (χ3n) is 3.79. The molecule has 1 aliphatic rings. The van der Waals surface area contributed by atoms with Crippen LogP contribution < -0.4 is 0 Å². The second-order valence-electron chi connectivity index (χ2n) is 5.20. The van der Waals surface area contributed by atoms with Gasteiger partial charge in [0.25, 0.3) is 0 Å². The summed E-state index contributed by atoms with van der Waals surface area (Å²) in [5.74, 6) is 1.10. The van der Waals surface area contributed by atoms with Gasteiger partial charge in [-0.3, -0.25) is 0 Å². The van der Waals surface area contributed by atoms with Crippen LogP contribution in [0.5, 0.6) is 0 Å². The van der Waals surface area contributed by atoms with E-state index in [1.165, 1.54) is 83.2 Å². The van der Waals surface area contributed by atoms with Crippen molar-refractivity contribution in [2.75, 3.05) is 6.16 Å². The maximum atomic E-state index is 2.82. The van der Waals surface area contributed by atoms with Gasteiger partial charge in [-0.2, -0.15) is 0 Å². The monoisotopic (exact) mass is 228 g/mol. The molecule has 1 aliphatic carbocycles. The van der Waals surface area contributed by atoms with Crippen LogP contribution in [0.4, 0.5) is 0 Å². The Kier molecular flexibility index (Phi) is 8.67. The third kappa shape index (κ3) is 7.34. The highest BCUT2D eigenvalue weighted by atomic mass is 31.0. The first-order valence-corrected chi connectivity index (χ1v) is 7.95. The van der Waals surface area contributed by atoms with Crippen LogP contribution in [0, 0.1) is 5.92 Å². The molecule has 0 radical (unpaired) electrons. The molecule has 0 N–H and O–H groups in total. The van der Waals surface area contributed by atoms with Crippen LogP contribution in [-0.2, 0) is 0 Å². The molecular formula is C14H29P. The predicted molar refractivity (Wildman–Crippen MR) is 73.5 cm³/mol. The smallest absolute Gasteiger partial charge is 0.0381 e. The summed E-state index contributed by atoms with van der Waals surface area (Å²) in [7, 11) is 2.82. The zero-order chi connectivity index (χ0) is 10.8. The van der Waals surface area contributed by atoms with Crippen molar-refractivity contribution in [2.24, 2.45) is 5.92 Å². The molecule has 0 aromatic carbocycles. The Morgan fingerprint density at radius 3 is 2.00 bits per heavy atom. The first-order valence-electron chi connectivity index (χ1n) is 7.13.